The van der Waals surface area contributed by atoms with Gasteiger partial charge < -0.3 is 16.0 Å². The van der Waals surface area contributed by atoms with Gasteiger partial charge in [0.1, 0.15) is 11.5 Å². The molecule has 7 nitrogen and oxygen atoms in total. The Morgan fingerprint density at radius 3 is 2.62 bits per heavy atom. The first-order valence-corrected chi connectivity index (χ1v) is 10.1. The van der Waals surface area contributed by atoms with Crippen molar-refractivity contribution in [3.05, 3.63) is 58.7 Å². The highest BCUT2D eigenvalue weighted by molar-refractivity contribution is 9.10. The van der Waals surface area contributed by atoms with Gasteiger partial charge in [0.05, 0.1) is 5.69 Å². The number of hydrogen-bond donors (Lipinski definition) is 3. The predicted molar refractivity (Wildman–Crippen MR) is 123 cm³/mol. The minimum Gasteiger partial charge on any atom is -0.384 e. The third-order valence-corrected chi connectivity index (χ3v) is 4.84. The predicted octanol–water partition coefficient (Wildman–Crippen LogP) is 5.06. The molecule has 1 heterocycles. The van der Waals surface area contributed by atoms with Crippen LogP contribution in [-0.4, -0.2) is 42.9 Å². The van der Waals surface area contributed by atoms with Crippen LogP contribution >= 0.6 is 15.9 Å². The second-order valence-corrected chi connectivity index (χ2v) is 7.85. The maximum atomic E-state index is 7.49. The number of benzene rings is 2. The molecule has 0 unspecified atom stereocenters. The molecule has 3 aromatic rings. The van der Waals surface area contributed by atoms with Crippen molar-refractivity contribution in [1.29, 1.82) is 5.41 Å². The first-order chi connectivity index (χ1) is 13.9. The SMILES string of the molecule is CN(C)CCCNc1ncc2ccc(Br)cc2c1N=Nc1ccc(C(=N)N)cc1. The van der Waals surface area contributed by atoms with Crippen LogP contribution < -0.4 is 11.1 Å². The lowest BCUT2D eigenvalue weighted by Gasteiger charge is -2.12. The molecule has 0 aliphatic carbocycles. The molecule has 0 saturated heterocycles. The number of amidine groups is 1. The largest absolute Gasteiger partial charge is 0.384 e. The third kappa shape index (κ3) is 5.58. The number of nitrogens with zero attached hydrogens (tertiary/aromatic N) is 4. The summed E-state index contributed by atoms with van der Waals surface area (Å²) in [5.74, 6) is 0.735. The molecule has 0 amide bonds. The topological polar surface area (TPSA) is 103 Å². The Morgan fingerprint density at radius 2 is 1.93 bits per heavy atom. The quantitative estimate of drug-likeness (QED) is 0.192. The van der Waals surface area contributed by atoms with Gasteiger partial charge in [0, 0.05) is 33.6 Å². The highest BCUT2D eigenvalue weighted by Gasteiger charge is 2.10. The van der Waals surface area contributed by atoms with Gasteiger partial charge in [-0.1, -0.05) is 22.0 Å². The van der Waals surface area contributed by atoms with E-state index in [1.807, 2.05) is 24.4 Å². The van der Waals surface area contributed by atoms with Crippen LogP contribution in [0.4, 0.5) is 17.2 Å². The third-order valence-electron chi connectivity index (χ3n) is 4.35. The zero-order valence-corrected chi connectivity index (χ0v) is 18.1. The molecule has 0 spiro atoms. The fraction of sp³-hybridized carbons (Fsp3) is 0.238. The number of pyridine rings is 1. The first-order valence-electron chi connectivity index (χ1n) is 9.27. The number of nitrogen functional groups attached to an aromatic ring is 1. The van der Waals surface area contributed by atoms with Crippen LogP contribution in [0.3, 0.4) is 0 Å². The standard InChI is InChI=1S/C21H24BrN7/c1-29(2)11-3-10-25-21-19(18-12-16(22)7-4-15(18)13-26-21)28-27-17-8-5-14(6-9-17)20(23)24/h4-9,12-13H,3,10-11H2,1-2H3,(H3,23,24)(H,25,26). The molecular formula is C21H24BrN7. The molecule has 3 rings (SSSR count). The average molecular weight is 454 g/mol. The van der Waals surface area contributed by atoms with E-state index in [0.29, 0.717) is 22.8 Å². The summed E-state index contributed by atoms with van der Waals surface area (Å²) in [5.41, 5.74) is 7.54. The zero-order chi connectivity index (χ0) is 20.8. The van der Waals surface area contributed by atoms with Crippen LogP contribution in [0.2, 0.25) is 0 Å². The van der Waals surface area contributed by atoms with Gasteiger partial charge in [-0.3, -0.25) is 5.41 Å². The molecule has 1 aromatic heterocycles. The molecule has 0 atom stereocenters. The Balaban J connectivity index is 1.92. The van der Waals surface area contributed by atoms with E-state index in [4.69, 9.17) is 11.1 Å². The molecule has 2 aromatic carbocycles. The molecule has 4 N–H and O–H groups in total. The average Bonchev–Trinajstić information content (AvgIpc) is 2.70. The van der Waals surface area contributed by atoms with E-state index in [1.54, 1.807) is 24.3 Å². The van der Waals surface area contributed by atoms with E-state index in [0.717, 1.165) is 34.8 Å². The molecule has 0 bridgehead atoms. The second-order valence-electron chi connectivity index (χ2n) is 6.93. The summed E-state index contributed by atoms with van der Waals surface area (Å²) >= 11 is 3.54. The van der Waals surface area contributed by atoms with Crippen LogP contribution in [0.5, 0.6) is 0 Å². The van der Waals surface area contributed by atoms with Crippen molar-refractivity contribution in [3.63, 3.8) is 0 Å². The smallest absolute Gasteiger partial charge is 0.154 e. The maximum absolute atomic E-state index is 7.49. The highest BCUT2D eigenvalue weighted by Crippen LogP contribution is 2.35. The van der Waals surface area contributed by atoms with E-state index in [2.05, 4.69) is 55.5 Å². The highest BCUT2D eigenvalue weighted by atomic mass is 79.9. The van der Waals surface area contributed by atoms with Gasteiger partial charge in [0.15, 0.2) is 5.82 Å². The van der Waals surface area contributed by atoms with Crippen LogP contribution in [-0.2, 0) is 0 Å². The molecule has 0 aliphatic rings. The van der Waals surface area contributed by atoms with Crippen molar-refractivity contribution in [3.8, 4) is 0 Å². The van der Waals surface area contributed by atoms with Gasteiger partial charge in [-0.15, -0.1) is 5.11 Å². The van der Waals surface area contributed by atoms with Gasteiger partial charge in [-0.05, 0) is 63.5 Å². The van der Waals surface area contributed by atoms with Crippen LogP contribution in [0, 0.1) is 5.41 Å². The molecule has 150 valence electrons. The van der Waals surface area contributed by atoms with Gasteiger partial charge in [-0.25, -0.2) is 4.98 Å². The van der Waals surface area contributed by atoms with E-state index < -0.39 is 0 Å². The number of azo groups is 1. The minimum atomic E-state index is 0.0285. The summed E-state index contributed by atoms with van der Waals surface area (Å²) in [7, 11) is 4.12. The number of fused-ring (bicyclic) bond motifs is 1. The molecule has 0 radical (unpaired) electrons. The fourth-order valence-corrected chi connectivity index (χ4v) is 3.18. The van der Waals surface area contributed by atoms with Crippen molar-refractivity contribution in [2.75, 3.05) is 32.5 Å². The van der Waals surface area contributed by atoms with Gasteiger partial charge in [-0.2, -0.15) is 5.11 Å². The number of nitrogens with one attached hydrogen (secondary N) is 2. The monoisotopic (exact) mass is 453 g/mol. The van der Waals surface area contributed by atoms with Crippen LogP contribution in [0.1, 0.15) is 12.0 Å². The lowest BCUT2D eigenvalue weighted by molar-refractivity contribution is 0.405. The van der Waals surface area contributed by atoms with Crippen molar-refractivity contribution in [2.45, 2.75) is 6.42 Å². The van der Waals surface area contributed by atoms with E-state index >= 15 is 0 Å². The summed E-state index contributed by atoms with van der Waals surface area (Å²) < 4.78 is 0.969. The summed E-state index contributed by atoms with van der Waals surface area (Å²) in [6.45, 7) is 1.78. The molecule has 0 saturated carbocycles. The number of halogens is 1. The van der Waals surface area contributed by atoms with Crippen LogP contribution in [0.15, 0.2) is 63.4 Å². The molecule has 0 fully saturated rings. The van der Waals surface area contributed by atoms with Crippen LogP contribution in [0.25, 0.3) is 10.8 Å². The maximum Gasteiger partial charge on any atom is 0.154 e. The number of nitrogens with two attached hydrogens (primary N) is 1. The number of rotatable bonds is 8. The van der Waals surface area contributed by atoms with Gasteiger partial charge >= 0.3 is 0 Å². The number of hydrogen-bond acceptors (Lipinski definition) is 6. The van der Waals surface area contributed by atoms with E-state index in [-0.39, 0.29) is 5.84 Å². The Kier molecular flexibility index (Phi) is 6.90. The Labute approximate surface area is 178 Å². The Hall–Kier alpha value is -2.84. The van der Waals surface area contributed by atoms with Crippen molar-refractivity contribution >= 4 is 49.7 Å². The Morgan fingerprint density at radius 1 is 1.17 bits per heavy atom. The number of anilines is 1. The molecule has 8 heteroatoms. The summed E-state index contributed by atoms with van der Waals surface area (Å²) in [6.07, 6.45) is 2.84. The summed E-state index contributed by atoms with van der Waals surface area (Å²) in [5, 5.41) is 21.7. The van der Waals surface area contributed by atoms with Gasteiger partial charge in [0.25, 0.3) is 0 Å². The van der Waals surface area contributed by atoms with Gasteiger partial charge in [0.2, 0.25) is 0 Å². The molecule has 29 heavy (non-hydrogen) atoms. The molecular weight excluding hydrogens is 430 g/mol. The lowest BCUT2D eigenvalue weighted by atomic mass is 10.1. The summed E-state index contributed by atoms with van der Waals surface area (Å²) in [4.78, 5) is 6.72. The van der Waals surface area contributed by atoms with E-state index in [1.165, 1.54) is 0 Å². The van der Waals surface area contributed by atoms with Crippen molar-refractivity contribution in [1.82, 2.24) is 9.88 Å². The number of aromatic nitrogens is 1. The lowest BCUT2D eigenvalue weighted by Crippen LogP contribution is -2.16. The summed E-state index contributed by atoms with van der Waals surface area (Å²) in [6, 6.07) is 13.1. The van der Waals surface area contributed by atoms with E-state index in [9.17, 15) is 0 Å². The van der Waals surface area contributed by atoms with Crippen molar-refractivity contribution in [2.24, 2.45) is 16.0 Å². The first kappa shape index (κ1) is 20.9. The minimum absolute atomic E-state index is 0.0285. The Bertz CT molecular complexity index is 1030. The zero-order valence-electron chi connectivity index (χ0n) is 16.5. The second kappa shape index (κ2) is 9.58. The molecule has 0 aliphatic heterocycles. The fourth-order valence-electron chi connectivity index (χ4n) is 2.82. The normalized spacial score (nSPS) is 11.4. The van der Waals surface area contributed by atoms with Crippen molar-refractivity contribution < 1.29 is 0 Å².